The summed E-state index contributed by atoms with van der Waals surface area (Å²) in [5.74, 6) is 0.580. The number of carbonyl (C=O) groups excluding carboxylic acids is 1. The van der Waals surface area contributed by atoms with Crippen molar-refractivity contribution in [2.75, 3.05) is 0 Å². The van der Waals surface area contributed by atoms with Gasteiger partial charge in [-0.15, -0.1) is 0 Å². The number of aryl methyl sites for hydroxylation is 2. The topological polar surface area (TPSA) is 29.1 Å². The molecular formula is C15H23NO. The van der Waals surface area contributed by atoms with E-state index in [9.17, 15) is 4.79 Å². The van der Waals surface area contributed by atoms with Crippen LogP contribution in [0.1, 0.15) is 37.5 Å². The first-order valence-electron chi connectivity index (χ1n) is 6.25. The van der Waals surface area contributed by atoms with Crippen molar-refractivity contribution in [3.8, 4) is 0 Å². The smallest absolute Gasteiger partial charge is 0.224 e. The zero-order valence-electron chi connectivity index (χ0n) is 11.5. The lowest BCUT2D eigenvalue weighted by molar-refractivity contribution is -0.121. The molecule has 0 unspecified atom stereocenters. The molecule has 0 heterocycles. The van der Waals surface area contributed by atoms with E-state index < -0.39 is 0 Å². The predicted octanol–water partition coefficient (Wildman–Crippen LogP) is 3.01. The number of amides is 1. The maximum atomic E-state index is 11.9. The normalized spacial score (nSPS) is 12.6. The number of rotatable bonds is 4. The fourth-order valence-electron chi connectivity index (χ4n) is 1.69. The zero-order valence-corrected chi connectivity index (χ0v) is 11.5. The van der Waals surface area contributed by atoms with E-state index in [4.69, 9.17) is 0 Å². The largest absolute Gasteiger partial charge is 0.353 e. The van der Waals surface area contributed by atoms with Crippen molar-refractivity contribution in [1.82, 2.24) is 5.32 Å². The van der Waals surface area contributed by atoms with E-state index in [-0.39, 0.29) is 11.9 Å². The number of carbonyl (C=O) groups is 1. The molecule has 0 bridgehead atoms. The lowest BCUT2D eigenvalue weighted by atomic mass is 10.0. The molecule has 1 aromatic carbocycles. The Morgan fingerprint density at radius 3 is 2.41 bits per heavy atom. The highest BCUT2D eigenvalue weighted by molar-refractivity contribution is 5.79. The molecule has 1 aromatic rings. The third-order valence-electron chi connectivity index (χ3n) is 3.24. The molecule has 0 aliphatic carbocycles. The molecule has 1 amide bonds. The van der Waals surface area contributed by atoms with Gasteiger partial charge in [-0.2, -0.15) is 0 Å². The van der Waals surface area contributed by atoms with Crippen LogP contribution in [-0.2, 0) is 11.2 Å². The Morgan fingerprint density at radius 2 is 1.88 bits per heavy atom. The minimum absolute atomic E-state index is 0.109. The Hall–Kier alpha value is -1.31. The molecule has 0 aliphatic rings. The molecule has 17 heavy (non-hydrogen) atoms. The van der Waals surface area contributed by atoms with Gasteiger partial charge in [-0.1, -0.05) is 37.6 Å². The number of hydrogen-bond acceptors (Lipinski definition) is 1. The molecule has 0 spiro atoms. The van der Waals surface area contributed by atoms with Gasteiger partial charge in [0.05, 0.1) is 6.42 Å². The third kappa shape index (κ3) is 4.22. The van der Waals surface area contributed by atoms with E-state index in [1.807, 2.05) is 13.0 Å². The first kappa shape index (κ1) is 13.8. The minimum Gasteiger partial charge on any atom is -0.353 e. The molecule has 0 saturated carbocycles. The molecule has 0 radical (unpaired) electrons. The van der Waals surface area contributed by atoms with Crippen molar-refractivity contribution in [2.24, 2.45) is 5.92 Å². The molecule has 0 aromatic heterocycles. The van der Waals surface area contributed by atoms with Crippen molar-refractivity contribution in [3.05, 3.63) is 34.9 Å². The van der Waals surface area contributed by atoms with Gasteiger partial charge in [0.15, 0.2) is 0 Å². The van der Waals surface area contributed by atoms with Crippen LogP contribution in [0.3, 0.4) is 0 Å². The average molecular weight is 233 g/mol. The summed E-state index contributed by atoms with van der Waals surface area (Å²) in [5.41, 5.74) is 3.55. The summed E-state index contributed by atoms with van der Waals surface area (Å²) < 4.78 is 0. The van der Waals surface area contributed by atoms with E-state index in [1.54, 1.807) is 0 Å². The highest BCUT2D eigenvalue weighted by Crippen LogP contribution is 2.11. The van der Waals surface area contributed by atoms with E-state index in [0.29, 0.717) is 12.3 Å². The van der Waals surface area contributed by atoms with Crippen LogP contribution in [0.25, 0.3) is 0 Å². The van der Waals surface area contributed by atoms with Gasteiger partial charge in [-0.3, -0.25) is 4.79 Å². The van der Waals surface area contributed by atoms with Gasteiger partial charge in [-0.25, -0.2) is 0 Å². The molecular weight excluding hydrogens is 210 g/mol. The van der Waals surface area contributed by atoms with E-state index in [1.165, 1.54) is 11.1 Å². The Balaban J connectivity index is 2.62. The molecule has 0 saturated heterocycles. The maximum absolute atomic E-state index is 11.9. The van der Waals surface area contributed by atoms with Gasteiger partial charge >= 0.3 is 0 Å². The number of hydrogen-bond donors (Lipinski definition) is 1. The standard InChI is InChI=1S/C15H23NO/c1-10(2)13(5)16-15(17)9-14-7-6-11(3)8-12(14)4/h6-8,10,13H,9H2,1-5H3,(H,16,17)/t13-/m0/s1. The van der Waals surface area contributed by atoms with E-state index in [0.717, 1.165) is 5.56 Å². The summed E-state index contributed by atoms with van der Waals surface area (Å²) in [6.45, 7) is 10.4. The second kappa shape index (κ2) is 5.85. The van der Waals surface area contributed by atoms with E-state index in [2.05, 4.69) is 45.1 Å². The monoisotopic (exact) mass is 233 g/mol. The first-order valence-corrected chi connectivity index (χ1v) is 6.25. The summed E-state index contributed by atoms with van der Waals surface area (Å²) in [6.07, 6.45) is 0.475. The summed E-state index contributed by atoms with van der Waals surface area (Å²) in [5, 5.41) is 3.03. The van der Waals surface area contributed by atoms with Gasteiger partial charge in [0, 0.05) is 6.04 Å². The van der Waals surface area contributed by atoms with Gasteiger partial charge in [0.1, 0.15) is 0 Å². The molecule has 1 atom stereocenters. The van der Waals surface area contributed by atoms with Crippen molar-refractivity contribution < 1.29 is 4.79 Å². The van der Waals surface area contributed by atoms with Crippen LogP contribution < -0.4 is 5.32 Å². The van der Waals surface area contributed by atoms with Gasteiger partial charge in [0.25, 0.3) is 0 Å². The van der Waals surface area contributed by atoms with Crippen LogP contribution in [0.2, 0.25) is 0 Å². The highest BCUT2D eigenvalue weighted by atomic mass is 16.1. The Kier molecular flexibility index (Phi) is 4.73. The second-order valence-electron chi connectivity index (χ2n) is 5.21. The molecule has 0 aliphatic heterocycles. The van der Waals surface area contributed by atoms with Crippen molar-refractivity contribution >= 4 is 5.91 Å². The fourth-order valence-corrected chi connectivity index (χ4v) is 1.69. The van der Waals surface area contributed by atoms with Gasteiger partial charge in [-0.05, 0) is 37.8 Å². The lowest BCUT2D eigenvalue weighted by Gasteiger charge is -2.17. The summed E-state index contributed by atoms with van der Waals surface area (Å²) in [7, 11) is 0. The molecule has 2 nitrogen and oxygen atoms in total. The van der Waals surface area contributed by atoms with E-state index >= 15 is 0 Å². The van der Waals surface area contributed by atoms with Crippen LogP contribution in [-0.4, -0.2) is 11.9 Å². The van der Waals surface area contributed by atoms with Crippen molar-refractivity contribution in [2.45, 2.75) is 47.1 Å². The number of nitrogens with one attached hydrogen (secondary N) is 1. The highest BCUT2D eigenvalue weighted by Gasteiger charge is 2.11. The molecule has 1 N–H and O–H groups in total. The van der Waals surface area contributed by atoms with Gasteiger partial charge in [0.2, 0.25) is 5.91 Å². The Labute approximate surface area is 104 Å². The minimum atomic E-state index is 0.109. The Morgan fingerprint density at radius 1 is 1.24 bits per heavy atom. The van der Waals surface area contributed by atoms with Crippen LogP contribution in [0, 0.1) is 19.8 Å². The molecule has 0 fully saturated rings. The summed E-state index contributed by atoms with van der Waals surface area (Å²) in [6, 6.07) is 6.45. The summed E-state index contributed by atoms with van der Waals surface area (Å²) in [4.78, 5) is 11.9. The van der Waals surface area contributed by atoms with Gasteiger partial charge < -0.3 is 5.32 Å². The van der Waals surface area contributed by atoms with Crippen molar-refractivity contribution in [3.63, 3.8) is 0 Å². The van der Waals surface area contributed by atoms with Crippen LogP contribution in [0.5, 0.6) is 0 Å². The maximum Gasteiger partial charge on any atom is 0.224 e. The predicted molar refractivity (Wildman–Crippen MR) is 72.1 cm³/mol. The van der Waals surface area contributed by atoms with Crippen molar-refractivity contribution in [1.29, 1.82) is 0 Å². The van der Waals surface area contributed by atoms with Crippen LogP contribution >= 0.6 is 0 Å². The third-order valence-corrected chi connectivity index (χ3v) is 3.24. The summed E-state index contributed by atoms with van der Waals surface area (Å²) >= 11 is 0. The molecule has 94 valence electrons. The first-order chi connectivity index (χ1) is 7.90. The molecule has 1 rings (SSSR count). The average Bonchev–Trinajstić information content (AvgIpc) is 2.22. The Bertz CT molecular complexity index is 396. The van der Waals surface area contributed by atoms with Crippen LogP contribution in [0.15, 0.2) is 18.2 Å². The number of benzene rings is 1. The zero-order chi connectivity index (χ0) is 13.0. The second-order valence-corrected chi connectivity index (χ2v) is 5.21. The quantitative estimate of drug-likeness (QED) is 0.851. The fraction of sp³-hybridized carbons (Fsp3) is 0.533. The van der Waals surface area contributed by atoms with Crippen LogP contribution in [0.4, 0.5) is 0 Å². The molecule has 2 heteroatoms. The SMILES string of the molecule is Cc1ccc(CC(=O)N[C@@H](C)C(C)C)c(C)c1. The lowest BCUT2D eigenvalue weighted by Crippen LogP contribution is -2.37.